The topological polar surface area (TPSA) is 129 Å². The second-order valence-electron chi connectivity index (χ2n) is 8.70. The number of hydrogen-bond acceptors (Lipinski definition) is 7. The fourth-order valence-corrected chi connectivity index (χ4v) is 3.47. The van der Waals surface area contributed by atoms with E-state index < -0.39 is 45.2 Å². The van der Waals surface area contributed by atoms with Crippen LogP contribution in [0.4, 0.5) is 15.8 Å². The first-order valence-electron chi connectivity index (χ1n) is 10.4. The van der Waals surface area contributed by atoms with Crippen LogP contribution in [-0.4, -0.2) is 26.7 Å². The number of H-pyrrole nitrogens is 1. The third kappa shape index (κ3) is 5.84. The van der Waals surface area contributed by atoms with Gasteiger partial charge < -0.3 is 9.47 Å². The molecule has 3 aromatic rings. The van der Waals surface area contributed by atoms with Gasteiger partial charge in [-0.2, -0.15) is 5.10 Å². The molecule has 1 heterocycles. The third-order valence-electron chi connectivity index (χ3n) is 4.77. The number of ether oxygens (including phenoxy) is 2. The van der Waals surface area contributed by atoms with Gasteiger partial charge in [0.2, 0.25) is 5.75 Å². The number of esters is 1. The number of benzene rings is 2. The summed E-state index contributed by atoms with van der Waals surface area (Å²) in [5, 5.41) is 17.9. The van der Waals surface area contributed by atoms with E-state index >= 15 is 4.39 Å². The van der Waals surface area contributed by atoms with E-state index in [9.17, 15) is 19.7 Å². The van der Waals surface area contributed by atoms with Crippen molar-refractivity contribution in [2.24, 2.45) is 0 Å². The first kappa shape index (κ1) is 26.3. The van der Waals surface area contributed by atoms with Gasteiger partial charge in [0, 0.05) is 22.2 Å². The standard InChI is InChI=1S/C24H20ClFN4O6/c1-12-8-17(28-29-22(12)31)19(23(32)36-24(2,3)4)16-6-7-18(30(33)34)21(20(16)26)35-15-10-13(25)9-14(11-15)27-5/h6-11,19H,1-4H3,(H,29,31). The van der Waals surface area contributed by atoms with E-state index in [0.717, 1.165) is 12.1 Å². The average Bonchev–Trinajstić information content (AvgIpc) is 2.77. The Labute approximate surface area is 209 Å². The van der Waals surface area contributed by atoms with Gasteiger partial charge in [0.15, 0.2) is 11.5 Å². The predicted octanol–water partition coefficient (Wildman–Crippen LogP) is 5.60. The molecular formula is C24H20ClFN4O6. The largest absolute Gasteiger partial charge is 0.459 e. The highest BCUT2D eigenvalue weighted by Crippen LogP contribution is 2.41. The fraction of sp³-hybridized carbons (Fsp3) is 0.250. The number of nitrogens with zero attached hydrogens (tertiary/aromatic N) is 3. The molecule has 0 fully saturated rings. The maximum absolute atomic E-state index is 15.9. The van der Waals surface area contributed by atoms with Gasteiger partial charge in [0.05, 0.1) is 17.2 Å². The van der Waals surface area contributed by atoms with Crippen LogP contribution < -0.4 is 10.3 Å². The zero-order valence-corrected chi connectivity index (χ0v) is 20.3. The molecule has 36 heavy (non-hydrogen) atoms. The lowest BCUT2D eigenvalue weighted by atomic mass is 9.93. The zero-order valence-electron chi connectivity index (χ0n) is 19.6. The summed E-state index contributed by atoms with van der Waals surface area (Å²) in [7, 11) is 0. The maximum atomic E-state index is 15.9. The monoisotopic (exact) mass is 514 g/mol. The average molecular weight is 515 g/mol. The number of nitro benzene ring substituents is 1. The zero-order chi connectivity index (χ0) is 26.8. The molecule has 0 amide bonds. The van der Waals surface area contributed by atoms with Crippen LogP contribution in [0.3, 0.4) is 0 Å². The number of hydrogen-bond donors (Lipinski definition) is 1. The van der Waals surface area contributed by atoms with Gasteiger partial charge in [0.25, 0.3) is 5.56 Å². The van der Waals surface area contributed by atoms with E-state index in [-0.39, 0.29) is 33.3 Å². The van der Waals surface area contributed by atoms with E-state index in [1.165, 1.54) is 31.2 Å². The van der Waals surface area contributed by atoms with Crippen molar-refractivity contribution in [3.63, 3.8) is 0 Å². The van der Waals surface area contributed by atoms with E-state index in [4.69, 9.17) is 27.6 Å². The second-order valence-corrected chi connectivity index (χ2v) is 9.14. The summed E-state index contributed by atoms with van der Waals surface area (Å²) in [6.07, 6.45) is 0. The minimum atomic E-state index is -1.50. The molecule has 2 aromatic carbocycles. The number of halogens is 2. The van der Waals surface area contributed by atoms with Gasteiger partial charge >= 0.3 is 11.7 Å². The Morgan fingerprint density at radius 1 is 1.28 bits per heavy atom. The molecule has 0 spiro atoms. The number of aromatic nitrogens is 2. The van der Waals surface area contributed by atoms with Crippen molar-refractivity contribution in [1.29, 1.82) is 0 Å². The summed E-state index contributed by atoms with van der Waals surface area (Å²) in [4.78, 5) is 39.0. The maximum Gasteiger partial charge on any atom is 0.320 e. The van der Waals surface area contributed by atoms with Gasteiger partial charge in [-0.05, 0) is 58.0 Å². The smallest absolute Gasteiger partial charge is 0.320 e. The normalized spacial score (nSPS) is 11.9. The number of aromatic amines is 1. The van der Waals surface area contributed by atoms with Gasteiger partial charge in [-0.25, -0.2) is 14.3 Å². The van der Waals surface area contributed by atoms with Crippen LogP contribution >= 0.6 is 11.6 Å². The highest BCUT2D eigenvalue weighted by atomic mass is 35.5. The molecule has 0 aliphatic carbocycles. The van der Waals surface area contributed by atoms with Crippen molar-refractivity contribution in [3.8, 4) is 11.5 Å². The first-order valence-corrected chi connectivity index (χ1v) is 10.8. The molecule has 0 aliphatic rings. The summed E-state index contributed by atoms with van der Waals surface area (Å²) in [6, 6.07) is 7.15. The molecule has 0 saturated heterocycles. The SMILES string of the molecule is [C-]#[N+]c1cc(Cl)cc(Oc2c([N+](=O)[O-])ccc(C(C(=O)OC(C)(C)C)c3cc(C)c(=O)[nH]n3)c2F)c1. The van der Waals surface area contributed by atoms with Gasteiger partial charge in [-0.15, -0.1) is 0 Å². The van der Waals surface area contributed by atoms with Gasteiger partial charge in [0.1, 0.15) is 17.3 Å². The lowest BCUT2D eigenvalue weighted by Gasteiger charge is -2.24. The number of rotatable bonds is 6. The van der Waals surface area contributed by atoms with E-state index in [0.29, 0.717) is 0 Å². The molecule has 0 aliphatic heterocycles. The Balaban J connectivity index is 2.24. The predicted molar refractivity (Wildman–Crippen MR) is 128 cm³/mol. The van der Waals surface area contributed by atoms with Crippen LogP contribution in [0.1, 0.15) is 43.5 Å². The van der Waals surface area contributed by atoms with Crippen molar-refractivity contribution in [3.05, 3.63) is 95.9 Å². The molecule has 1 N–H and O–H groups in total. The molecule has 0 bridgehead atoms. The minimum absolute atomic E-state index is 0.0434. The lowest BCUT2D eigenvalue weighted by Crippen LogP contribution is -2.30. The minimum Gasteiger partial charge on any atom is -0.459 e. The highest BCUT2D eigenvalue weighted by Gasteiger charge is 2.35. The van der Waals surface area contributed by atoms with Crippen LogP contribution in [-0.2, 0) is 9.53 Å². The van der Waals surface area contributed by atoms with Crippen LogP contribution in [0.15, 0.2) is 41.2 Å². The Kier molecular flexibility index (Phi) is 7.40. The van der Waals surface area contributed by atoms with Gasteiger partial charge in [-0.1, -0.05) is 11.6 Å². The first-order chi connectivity index (χ1) is 16.8. The molecule has 0 saturated carbocycles. The van der Waals surface area contributed by atoms with Crippen LogP contribution in [0, 0.1) is 29.4 Å². The number of carbonyl (C=O) groups is 1. The van der Waals surface area contributed by atoms with Crippen molar-refractivity contribution < 1.29 is 23.6 Å². The summed E-state index contributed by atoms with van der Waals surface area (Å²) in [5.74, 6) is -4.56. The molecule has 12 heteroatoms. The summed E-state index contributed by atoms with van der Waals surface area (Å²) in [5.41, 5.74) is -2.30. The Hall–Kier alpha value is -4.30. The molecule has 0 radical (unpaired) electrons. The van der Waals surface area contributed by atoms with Crippen LogP contribution in [0.25, 0.3) is 4.85 Å². The molecule has 186 valence electrons. The number of nitro groups is 1. The third-order valence-corrected chi connectivity index (χ3v) is 4.98. The quantitative estimate of drug-likeness (QED) is 0.196. The Morgan fingerprint density at radius 3 is 2.56 bits per heavy atom. The Bertz CT molecular complexity index is 1460. The molecular weight excluding hydrogens is 495 g/mol. The summed E-state index contributed by atoms with van der Waals surface area (Å²) in [6.45, 7) is 13.5. The van der Waals surface area contributed by atoms with E-state index in [1.807, 2.05) is 0 Å². The van der Waals surface area contributed by atoms with Crippen molar-refractivity contribution in [1.82, 2.24) is 10.2 Å². The van der Waals surface area contributed by atoms with Crippen LogP contribution in [0.2, 0.25) is 5.02 Å². The van der Waals surface area contributed by atoms with E-state index in [2.05, 4.69) is 15.0 Å². The van der Waals surface area contributed by atoms with E-state index in [1.54, 1.807) is 20.8 Å². The number of aryl methyl sites for hydroxylation is 1. The molecule has 1 aromatic heterocycles. The summed E-state index contributed by atoms with van der Waals surface area (Å²) >= 11 is 5.98. The molecule has 1 unspecified atom stereocenters. The number of carbonyl (C=O) groups excluding carboxylic acids is 1. The van der Waals surface area contributed by atoms with Gasteiger partial charge in [-0.3, -0.25) is 19.7 Å². The van der Waals surface area contributed by atoms with Crippen LogP contribution in [0.5, 0.6) is 11.5 Å². The highest BCUT2D eigenvalue weighted by molar-refractivity contribution is 6.31. The van der Waals surface area contributed by atoms with Crippen molar-refractivity contribution >= 4 is 28.9 Å². The van der Waals surface area contributed by atoms with Crippen molar-refractivity contribution in [2.75, 3.05) is 0 Å². The lowest BCUT2D eigenvalue weighted by molar-refractivity contribution is -0.385. The fourth-order valence-electron chi connectivity index (χ4n) is 3.25. The molecule has 10 nitrogen and oxygen atoms in total. The van der Waals surface area contributed by atoms with Crippen molar-refractivity contribution in [2.45, 2.75) is 39.2 Å². The Morgan fingerprint density at radius 2 is 1.97 bits per heavy atom. The molecule has 3 rings (SSSR count). The number of nitrogens with one attached hydrogen (secondary N) is 1. The second kappa shape index (κ2) is 10.1. The summed E-state index contributed by atoms with van der Waals surface area (Å²) < 4.78 is 26.9. The molecule has 1 atom stereocenters.